The molecular weight excluding hydrogens is 1270 g/mol. The lowest BCUT2D eigenvalue weighted by Gasteiger charge is -2.31. The van der Waals surface area contributed by atoms with Gasteiger partial charge in [-0.1, -0.05) is 162 Å². The highest BCUT2D eigenvalue weighted by Gasteiger charge is 2.40. The Hall–Kier alpha value is -5.46. The first-order valence-electron chi connectivity index (χ1n) is 33.5. The van der Waals surface area contributed by atoms with E-state index in [1.807, 2.05) is 120 Å². The van der Waals surface area contributed by atoms with Gasteiger partial charge in [-0.05, 0) is 204 Å². The molecule has 0 bridgehead atoms. The highest BCUT2D eigenvalue weighted by molar-refractivity contribution is 7.17. The van der Waals surface area contributed by atoms with Crippen molar-refractivity contribution in [2.24, 2.45) is 16.2 Å². The summed E-state index contributed by atoms with van der Waals surface area (Å²) in [5, 5.41) is 27.2. The van der Waals surface area contributed by atoms with Gasteiger partial charge in [0.1, 0.15) is 4.34 Å². The number of esters is 2. The summed E-state index contributed by atoms with van der Waals surface area (Å²) in [6.07, 6.45) is 13.8. The zero-order valence-corrected chi connectivity index (χ0v) is 63.4. The molecular formula is C79H106BClO11S3. The van der Waals surface area contributed by atoms with Crippen LogP contribution < -0.4 is 5.46 Å². The molecule has 0 aliphatic heterocycles. The van der Waals surface area contributed by atoms with Crippen molar-refractivity contribution < 1.29 is 53.2 Å². The van der Waals surface area contributed by atoms with Crippen LogP contribution in [0.4, 0.5) is 0 Å². The van der Waals surface area contributed by atoms with Crippen LogP contribution >= 0.6 is 45.6 Å². The summed E-state index contributed by atoms with van der Waals surface area (Å²) in [7, 11) is -1.34. The van der Waals surface area contributed by atoms with Gasteiger partial charge in [-0.25, -0.2) is 14.4 Å². The Morgan fingerprint density at radius 2 is 0.800 bits per heavy atom. The van der Waals surface area contributed by atoms with Crippen molar-refractivity contribution in [2.45, 2.75) is 231 Å². The lowest BCUT2D eigenvalue weighted by Crippen LogP contribution is -2.29. The maximum absolute atomic E-state index is 13.1. The van der Waals surface area contributed by atoms with Gasteiger partial charge in [0.25, 0.3) is 0 Å². The summed E-state index contributed by atoms with van der Waals surface area (Å²) >= 11 is 11.6. The van der Waals surface area contributed by atoms with Crippen molar-refractivity contribution >= 4 is 92.8 Å². The summed E-state index contributed by atoms with van der Waals surface area (Å²) < 4.78 is 30.1. The summed E-state index contributed by atoms with van der Waals surface area (Å²) in [4.78, 5) is 43.6. The number of carboxylic acid groups (broad SMARTS) is 1. The van der Waals surface area contributed by atoms with E-state index in [0.717, 1.165) is 115 Å². The molecule has 3 aromatic carbocycles. The van der Waals surface area contributed by atoms with Crippen LogP contribution in [0.15, 0.2) is 109 Å². The standard InChI is InChI=1S/C27H36O3S.C25H32O3S.C21H31ClO3S.C6H7BO2/c1-8-29-25(28)23(30-26(3,4)5)21-18(2)31-24(20-12-10-9-11-13-20)22(21)19-14-16-27(6,7)17-15-19;1-16-19(21(23(26)27)28-24(2,3)4)20(17-12-14-25(5,6)15-13-17)22(29-16)18-10-8-7-9-11-18;1-8-24-19(23)17(25-20(3,4)5)15-13(2)26-18(22)16(15)14-9-11-21(6,7)12-10-14;8-7(9)6-4-2-1-3-5-6/h9-14,23H,8,15-17H2,1-7H3;7-12,21H,13-15H2,1-6H3,(H,26,27);9,17H,8,10-12H2,1-7H3;1-5,8-9H. The highest BCUT2D eigenvalue weighted by atomic mass is 35.5. The summed E-state index contributed by atoms with van der Waals surface area (Å²) in [6, 6.07) is 29.4. The number of aliphatic carboxylic acids is 1. The smallest absolute Gasteiger partial charge is 0.479 e. The quantitative estimate of drug-likeness (QED) is 0.0590. The number of carboxylic acids is 1. The molecule has 516 valence electrons. The highest BCUT2D eigenvalue weighted by Crippen LogP contribution is 2.52. The van der Waals surface area contributed by atoms with Crippen molar-refractivity contribution in [1.29, 1.82) is 0 Å². The second kappa shape index (κ2) is 33.4. The van der Waals surface area contributed by atoms with Gasteiger partial charge in [-0.2, -0.15) is 0 Å². The number of carbonyl (C=O) groups excluding carboxylic acids is 2. The molecule has 3 aliphatic rings. The Kier molecular flexibility index (Phi) is 27.6. The first kappa shape index (κ1) is 78.5. The van der Waals surface area contributed by atoms with E-state index in [1.165, 1.54) is 44.1 Å². The third kappa shape index (κ3) is 22.5. The van der Waals surface area contributed by atoms with Crippen molar-refractivity contribution in [3.8, 4) is 20.9 Å². The second-order valence-corrected chi connectivity index (χ2v) is 34.5. The molecule has 3 unspecified atom stereocenters. The molecule has 3 atom stereocenters. The third-order valence-electron chi connectivity index (χ3n) is 16.8. The molecule has 0 saturated carbocycles. The minimum absolute atomic E-state index is 0.287. The van der Waals surface area contributed by atoms with Crippen LogP contribution in [0.3, 0.4) is 0 Å². The number of halogens is 1. The number of thiophene rings is 3. The molecule has 0 spiro atoms. The predicted molar refractivity (Wildman–Crippen MR) is 398 cm³/mol. The monoisotopic (exact) mass is 1370 g/mol. The fourth-order valence-electron chi connectivity index (χ4n) is 11.8. The molecule has 3 aromatic heterocycles. The molecule has 6 aromatic rings. The molecule has 0 radical (unpaired) electrons. The number of hydrogen-bond acceptors (Lipinski definition) is 13. The van der Waals surface area contributed by atoms with Crippen LogP contribution in [-0.4, -0.2) is 70.2 Å². The summed E-state index contributed by atoms with van der Waals surface area (Å²) in [5.74, 6) is -1.59. The minimum atomic E-state index is -1.34. The summed E-state index contributed by atoms with van der Waals surface area (Å²) in [6.45, 7) is 41.8. The number of aryl methyl sites for hydroxylation is 3. The molecule has 95 heavy (non-hydrogen) atoms. The maximum Gasteiger partial charge on any atom is 0.488 e. The van der Waals surface area contributed by atoms with Gasteiger partial charge < -0.3 is 38.8 Å². The number of allylic oxidation sites excluding steroid dienone is 6. The van der Waals surface area contributed by atoms with Crippen molar-refractivity contribution in [3.63, 3.8) is 0 Å². The molecule has 0 amide bonds. The van der Waals surface area contributed by atoms with Crippen LogP contribution in [0.25, 0.3) is 37.6 Å². The second-order valence-electron chi connectivity index (χ2n) is 30.3. The zero-order valence-electron chi connectivity index (χ0n) is 60.2. The molecule has 3 aliphatic carbocycles. The van der Waals surface area contributed by atoms with Crippen LogP contribution in [0.2, 0.25) is 4.34 Å². The molecule has 0 saturated heterocycles. The molecule has 0 fully saturated rings. The van der Waals surface area contributed by atoms with E-state index in [9.17, 15) is 19.5 Å². The zero-order chi connectivity index (χ0) is 70.6. The number of hydrogen-bond donors (Lipinski definition) is 3. The fourth-order valence-corrected chi connectivity index (χ4v) is 15.8. The molecule has 9 rings (SSSR count). The largest absolute Gasteiger partial charge is 0.488 e. The Labute approximate surface area is 585 Å². The third-order valence-corrected chi connectivity index (χ3v) is 20.5. The van der Waals surface area contributed by atoms with Gasteiger partial charge in [0.2, 0.25) is 0 Å². The average molecular weight is 1370 g/mol. The Morgan fingerprint density at radius 1 is 0.495 bits per heavy atom. The van der Waals surface area contributed by atoms with E-state index in [4.69, 9.17) is 45.3 Å². The van der Waals surface area contributed by atoms with Crippen LogP contribution in [-0.2, 0) is 38.1 Å². The Morgan fingerprint density at radius 3 is 1.09 bits per heavy atom. The Balaban J connectivity index is 0.000000212. The van der Waals surface area contributed by atoms with Crippen LogP contribution in [0.1, 0.15) is 242 Å². The van der Waals surface area contributed by atoms with Crippen LogP contribution in [0, 0.1) is 37.0 Å². The molecule has 3 N–H and O–H groups in total. The SMILES string of the molecule is CCOC(=O)C(OC(C)(C)C)c1c(C)sc(-c2ccccc2)c1C1=CCC(C)(C)CC1.CCOC(=O)C(OC(C)(C)C)c1c(C)sc(Cl)c1C1=CCC(C)(C)CC1.Cc1sc(-c2ccccc2)c(C2=CCC(C)(C)CC2)c1C(OC(C)(C)C)C(=O)O.OB(O)c1ccccc1. The lowest BCUT2D eigenvalue weighted by atomic mass is 9.76. The Bertz CT molecular complexity index is 3620. The van der Waals surface area contributed by atoms with Gasteiger partial charge in [0.15, 0.2) is 18.3 Å². The fraction of sp³-hybridized carbons (Fsp3) is 0.506. The molecule has 11 nitrogen and oxygen atoms in total. The van der Waals surface area contributed by atoms with Gasteiger partial charge in [0.05, 0.1) is 30.0 Å². The first-order valence-corrected chi connectivity index (χ1v) is 36.3. The number of ether oxygens (including phenoxy) is 5. The number of benzene rings is 3. The van der Waals surface area contributed by atoms with Gasteiger partial charge in [-0.3, -0.25) is 0 Å². The normalized spacial score (nSPS) is 16.9. The van der Waals surface area contributed by atoms with Gasteiger partial charge in [-0.15, -0.1) is 34.0 Å². The van der Waals surface area contributed by atoms with Crippen LogP contribution in [0.5, 0.6) is 0 Å². The van der Waals surface area contributed by atoms with E-state index >= 15 is 0 Å². The molecule has 16 heteroatoms. The summed E-state index contributed by atoms with van der Waals surface area (Å²) in [5.41, 5.74) is 11.9. The van der Waals surface area contributed by atoms with Crippen molar-refractivity contribution in [1.82, 2.24) is 0 Å². The van der Waals surface area contributed by atoms with Gasteiger partial charge in [0, 0.05) is 57.8 Å². The maximum atomic E-state index is 13.1. The van der Waals surface area contributed by atoms with E-state index in [1.54, 1.807) is 46.9 Å². The van der Waals surface area contributed by atoms with Crippen molar-refractivity contribution in [3.05, 3.63) is 162 Å². The topological polar surface area (TPSA) is 158 Å². The predicted octanol–water partition coefficient (Wildman–Crippen LogP) is 21.1. The lowest BCUT2D eigenvalue weighted by molar-refractivity contribution is -0.167. The van der Waals surface area contributed by atoms with Gasteiger partial charge >= 0.3 is 25.0 Å². The first-order chi connectivity index (χ1) is 44.3. The minimum Gasteiger partial charge on any atom is -0.479 e. The van der Waals surface area contributed by atoms with E-state index < -0.39 is 48.2 Å². The average Bonchev–Trinajstić information content (AvgIpc) is 1.67. The van der Waals surface area contributed by atoms with E-state index in [2.05, 4.69) is 103 Å². The van der Waals surface area contributed by atoms with E-state index in [0.29, 0.717) is 29.5 Å². The van der Waals surface area contributed by atoms with Crippen molar-refractivity contribution in [2.75, 3.05) is 13.2 Å². The molecule has 3 heterocycles. The number of carbonyl (C=O) groups is 3. The number of rotatable bonds is 17. The van der Waals surface area contributed by atoms with E-state index in [-0.39, 0.29) is 17.4 Å².